The number of aliphatic hydroxyl groups excluding tert-OH is 1. The molecule has 2 rings (SSSR count). The summed E-state index contributed by atoms with van der Waals surface area (Å²) in [5.74, 6) is -0.290. The van der Waals surface area contributed by atoms with Crippen molar-refractivity contribution in [1.29, 1.82) is 0 Å². The lowest BCUT2D eigenvalue weighted by Gasteiger charge is -2.24. The second-order valence-electron chi connectivity index (χ2n) is 5.35. The van der Waals surface area contributed by atoms with Gasteiger partial charge in [0.15, 0.2) is 0 Å². The number of anilines is 1. The molecular weight excluding hydrogens is 238 g/mol. The maximum absolute atomic E-state index is 12.2. The van der Waals surface area contributed by atoms with Crippen LogP contribution in [0.3, 0.4) is 0 Å². The van der Waals surface area contributed by atoms with E-state index in [9.17, 15) is 9.90 Å². The summed E-state index contributed by atoms with van der Waals surface area (Å²) in [5, 5.41) is 9.24. The predicted molar refractivity (Wildman–Crippen MR) is 77.4 cm³/mol. The van der Waals surface area contributed by atoms with Gasteiger partial charge in [-0.2, -0.15) is 0 Å². The molecule has 0 heterocycles. The molecule has 0 bridgehead atoms. The third-order valence-electron chi connectivity index (χ3n) is 4.11. The van der Waals surface area contributed by atoms with E-state index in [0.717, 1.165) is 18.5 Å². The van der Waals surface area contributed by atoms with Gasteiger partial charge in [0.25, 0.3) is 0 Å². The van der Waals surface area contributed by atoms with Crippen molar-refractivity contribution in [2.75, 3.05) is 18.6 Å². The number of carbonyl (C=O) groups is 1. The fourth-order valence-corrected chi connectivity index (χ4v) is 2.71. The van der Waals surface area contributed by atoms with Crippen LogP contribution < -0.4 is 4.90 Å². The van der Waals surface area contributed by atoms with Gasteiger partial charge in [0, 0.05) is 12.7 Å². The van der Waals surface area contributed by atoms with Gasteiger partial charge in [-0.1, -0.05) is 13.0 Å². The van der Waals surface area contributed by atoms with Gasteiger partial charge in [0.1, 0.15) is 0 Å². The lowest BCUT2D eigenvalue weighted by molar-refractivity contribution is -0.123. The van der Waals surface area contributed by atoms with Crippen LogP contribution in [0.2, 0.25) is 0 Å². The van der Waals surface area contributed by atoms with Gasteiger partial charge in [0.2, 0.25) is 5.91 Å². The van der Waals surface area contributed by atoms with Crippen molar-refractivity contribution in [3.05, 3.63) is 29.3 Å². The molecule has 0 aliphatic heterocycles. The zero-order valence-electron chi connectivity index (χ0n) is 11.9. The summed E-state index contributed by atoms with van der Waals surface area (Å²) in [7, 11) is 1.80. The summed E-state index contributed by atoms with van der Waals surface area (Å²) < 4.78 is 0. The third kappa shape index (κ3) is 2.98. The minimum Gasteiger partial charge on any atom is -0.396 e. The molecule has 3 nitrogen and oxygen atoms in total. The summed E-state index contributed by atoms with van der Waals surface area (Å²) >= 11 is 0. The fourth-order valence-electron chi connectivity index (χ4n) is 2.71. The Balaban J connectivity index is 2.19. The molecule has 1 unspecified atom stereocenters. The van der Waals surface area contributed by atoms with Crippen LogP contribution in [-0.4, -0.2) is 24.7 Å². The lowest BCUT2D eigenvalue weighted by Crippen LogP contribution is -2.34. The van der Waals surface area contributed by atoms with Crippen LogP contribution in [0.4, 0.5) is 5.69 Å². The van der Waals surface area contributed by atoms with Crippen LogP contribution in [0.1, 0.15) is 37.3 Å². The largest absolute Gasteiger partial charge is 0.396 e. The first kappa shape index (κ1) is 14.1. The predicted octanol–water partition coefficient (Wildman–Crippen LogP) is 2.55. The maximum atomic E-state index is 12.2. The molecule has 0 radical (unpaired) electrons. The van der Waals surface area contributed by atoms with Gasteiger partial charge < -0.3 is 10.0 Å². The van der Waals surface area contributed by atoms with E-state index in [4.69, 9.17) is 0 Å². The Bertz CT molecular complexity index is 452. The summed E-state index contributed by atoms with van der Waals surface area (Å²) in [4.78, 5) is 13.9. The average Bonchev–Trinajstić information content (AvgIpc) is 2.47. The zero-order chi connectivity index (χ0) is 13.8. The lowest BCUT2D eigenvalue weighted by atomic mass is 9.91. The number of hydrogen-bond acceptors (Lipinski definition) is 2. The van der Waals surface area contributed by atoms with E-state index in [0.29, 0.717) is 6.42 Å². The normalized spacial score (nSPS) is 15.7. The van der Waals surface area contributed by atoms with Crippen molar-refractivity contribution in [3.63, 3.8) is 0 Å². The van der Waals surface area contributed by atoms with Crippen LogP contribution in [0.25, 0.3) is 0 Å². The van der Waals surface area contributed by atoms with Crippen molar-refractivity contribution >= 4 is 11.6 Å². The molecule has 1 amide bonds. The second kappa shape index (κ2) is 6.20. The van der Waals surface area contributed by atoms with E-state index in [-0.39, 0.29) is 18.4 Å². The molecule has 0 saturated heterocycles. The minimum absolute atomic E-state index is 0.000703. The Labute approximate surface area is 115 Å². The number of rotatable bonds is 4. The highest BCUT2D eigenvalue weighted by Crippen LogP contribution is 2.26. The third-order valence-corrected chi connectivity index (χ3v) is 4.11. The molecule has 1 atom stereocenters. The summed E-state index contributed by atoms with van der Waals surface area (Å²) in [5.41, 5.74) is 3.74. The molecule has 0 saturated carbocycles. The summed E-state index contributed by atoms with van der Waals surface area (Å²) in [6.07, 6.45) is 5.44. The molecular formula is C16H23NO2. The van der Waals surface area contributed by atoms with E-state index in [2.05, 4.69) is 12.1 Å². The number of nitrogens with zero attached hydrogens (tertiary/aromatic N) is 1. The number of aryl methyl sites for hydroxylation is 2. The van der Waals surface area contributed by atoms with Gasteiger partial charge in [-0.05, 0) is 55.4 Å². The van der Waals surface area contributed by atoms with E-state index >= 15 is 0 Å². The van der Waals surface area contributed by atoms with Crippen molar-refractivity contribution in [3.8, 4) is 0 Å². The number of amides is 1. The molecule has 3 heteroatoms. The van der Waals surface area contributed by atoms with Crippen LogP contribution in [0.5, 0.6) is 0 Å². The molecule has 1 aliphatic rings. The number of aliphatic hydroxyl groups is 1. The van der Waals surface area contributed by atoms with E-state index < -0.39 is 0 Å². The second-order valence-corrected chi connectivity index (χ2v) is 5.35. The zero-order valence-corrected chi connectivity index (χ0v) is 11.9. The molecule has 104 valence electrons. The van der Waals surface area contributed by atoms with Crippen LogP contribution in [-0.2, 0) is 17.6 Å². The highest BCUT2D eigenvalue weighted by atomic mass is 16.3. The number of benzene rings is 1. The van der Waals surface area contributed by atoms with Crippen molar-refractivity contribution < 1.29 is 9.90 Å². The van der Waals surface area contributed by atoms with E-state index in [1.807, 2.05) is 13.0 Å². The first-order chi connectivity index (χ1) is 9.17. The molecule has 0 aromatic heterocycles. The Morgan fingerprint density at radius 2 is 2.00 bits per heavy atom. The van der Waals surface area contributed by atoms with Gasteiger partial charge in [-0.3, -0.25) is 4.79 Å². The monoisotopic (exact) mass is 261 g/mol. The van der Waals surface area contributed by atoms with Crippen molar-refractivity contribution in [1.82, 2.24) is 0 Å². The first-order valence-corrected chi connectivity index (χ1v) is 7.17. The van der Waals surface area contributed by atoms with Crippen molar-refractivity contribution in [2.45, 2.75) is 39.0 Å². The van der Waals surface area contributed by atoms with Gasteiger partial charge in [0.05, 0.1) is 12.5 Å². The van der Waals surface area contributed by atoms with Crippen molar-refractivity contribution in [2.24, 2.45) is 5.92 Å². The Kier molecular flexibility index (Phi) is 4.59. The quantitative estimate of drug-likeness (QED) is 0.905. The van der Waals surface area contributed by atoms with Gasteiger partial charge >= 0.3 is 0 Å². The summed E-state index contributed by atoms with van der Waals surface area (Å²) in [6.45, 7) is 1.85. The molecule has 0 fully saturated rings. The minimum atomic E-state index is -0.291. The maximum Gasteiger partial charge on any atom is 0.232 e. The molecule has 1 aromatic rings. The number of fused-ring (bicyclic) bond motifs is 1. The van der Waals surface area contributed by atoms with Crippen LogP contribution in [0.15, 0.2) is 18.2 Å². The van der Waals surface area contributed by atoms with Crippen LogP contribution in [0, 0.1) is 5.92 Å². The Morgan fingerprint density at radius 1 is 1.32 bits per heavy atom. The molecule has 1 aromatic carbocycles. The Morgan fingerprint density at radius 3 is 2.63 bits per heavy atom. The molecule has 1 N–H and O–H groups in total. The van der Waals surface area contributed by atoms with E-state index in [1.165, 1.54) is 24.0 Å². The van der Waals surface area contributed by atoms with Gasteiger partial charge in [-0.15, -0.1) is 0 Å². The first-order valence-electron chi connectivity index (χ1n) is 7.17. The average molecular weight is 261 g/mol. The summed E-state index contributed by atoms with van der Waals surface area (Å²) in [6, 6.07) is 6.30. The smallest absolute Gasteiger partial charge is 0.232 e. The highest BCUT2D eigenvalue weighted by Gasteiger charge is 2.21. The standard InChI is InChI=1S/C16H23NO2/c1-3-12(11-18)16(19)17(2)15-9-8-13-6-4-5-7-14(13)10-15/h8-10,12,18H,3-7,11H2,1-2H3. The van der Waals surface area contributed by atoms with Gasteiger partial charge in [-0.25, -0.2) is 0 Å². The van der Waals surface area contributed by atoms with Crippen LogP contribution >= 0.6 is 0 Å². The molecule has 1 aliphatic carbocycles. The van der Waals surface area contributed by atoms with E-state index in [1.54, 1.807) is 11.9 Å². The number of carbonyl (C=O) groups excluding carboxylic acids is 1. The highest BCUT2D eigenvalue weighted by molar-refractivity contribution is 5.94. The molecule has 0 spiro atoms. The fraction of sp³-hybridized carbons (Fsp3) is 0.562. The Hall–Kier alpha value is -1.35. The topological polar surface area (TPSA) is 40.5 Å². The number of hydrogen-bond donors (Lipinski definition) is 1. The molecule has 19 heavy (non-hydrogen) atoms. The SMILES string of the molecule is CCC(CO)C(=O)N(C)c1ccc2c(c1)CCCC2.